The van der Waals surface area contributed by atoms with Gasteiger partial charge in [-0.1, -0.05) is 37.6 Å². The maximum absolute atomic E-state index is 11.1. The van der Waals surface area contributed by atoms with Crippen molar-refractivity contribution in [3.05, 3.63) is 47.8 Å². The third-order valence-corrected chi connectivity index (χ3v) is 9.21. The van der Waals surface area contributed by atoms with Crippen molar-refractivity contribution >= 4 is 11.5 Å². The second-order valence-electron chi connectivity index (χ2n) is 10.5. The number of carboxylic acids is 1. The Hall–Kier alpha value is -1.90. The van der Waals surface area contributed by atoms with Gasteiger partial charge in [0.2, 0.25) is 0 Å². The number of allylic oxidation sites excluding steroid dienone is 4. The van der Waals surface area contributed by atoms with Crippen LogP contribution in [0.5, 0.6) is 0 Å². The molecule has 2 saturated carbocycles. The Morgan fingerprint density at radius 1 is 1.14 bits per heavy atom. The van der Waals surface area contributed by atoms with Gasteiger partial charge in [0.25, 0.3) is 0 Å². The molecular weight excluding hydrogens is 358 g/mol. The second-order valence-corrected chi connectivity index (χ2v) is 10.5. The topological polar surface area (TPSA) is 53.0 Å². The highest BCUT2D eigenvalue weighted by Crippen LogP contribution is 2.66. The summed E-state index contributed by atoms with van der Waals surface area (Å²) < 4.78 is 0. The maximum atomic E-state index is 11.1. The summed E-state index contributed by atoms with van der Waals surface area (Å²) in [6, 6.07) is 4.28. The van der Waals surface area contributed by atoms with Crippen molar-refractivity contribution in [2.24, 2.45) is 34.5 Å². The number of carboxylic acid groups (broad SMARTS) is 1. The summed E-state index contributed by atoms with van der Waals surface area (Å²) in [6.45, 7) is 4.98. The van der Waals surface area contributed by atoms with Crippen LogP contribution in [0.15, 0.2) is 42.3 Å². The quantitative estimate of drug-likeness (QED) is 0.697. The fourth-order valence-electron chi connectivity index (χ4n) is 7.68. The van der Waals surface area contributed by atoms with Crippen LogP contribution in [-0.4, -0.2) is 11.0 Å². The molecule has 0 bridgehead atoms. The largest absolute Gasteiger partial charge is 0.550 e. The molecule has 0 spiro atoms. The zero-order valence-corrected chi connectivity index (χ0v) is 17.7. The number of aromatic nitrogens is 1. The zero-order chi connectivity index (χ0) is 20.2. The molecule has 6 atom stereocenters. The first-order valence-corrected chi connectivity index (χ1v) is 11.4. The molecule has 0 aromatic carbocycles. The van der Waals surface area contributed by atoms with Crippen molar-refractivity contribution in [3.8, 4) is 0 Å². The normalized spacial score (nSPS) is 40.9. The molecule has 0 saturated heterocycles. The molecule has 1 heterocycles. The minimum absolute atomic E-state index is 0.223. The Labute approximate surface area is 174 Å². The van der Waals surface area contributed by atoms with Crippen LogP contribution in [0.4, 0.5) is 0 Å². The van der Waals surface area contributed by atoms with E-state index in [1.54, 1.807) is 5.57 Å². The standard InChI is InChI=1S/C26H33NO2/c1-25-11-9-17(15-24(28)29)14-19(25)5-6-20-22-8-7-21(18-4-3-13-27-16-18)26(22,2)12-10-23(20)25/h3-5,7,13,16-17,20,22-23H,6,8-12,14-15H2,1-2H3,(H,28,29)/p-1/t17?,20?,22?,23?,25-,26+/m0/s1. The van der Waals surface area contributed by atoms with E-state index < -0.39 is 5.97 Å². The van der Waals surface area contributed by atoms with E-state index in [9.17, 15) is 9.90 Å². The molecule has 1 aromatic heterocycles. The van der Waals surface area contributed by atoms with Crippen molar-refractivity contribution < 1.29 is 9.90 Å². The molecule has 154 valence electrons. The lowest BCUT2D eigenvalue weighted by Gasteiger charge is -2.58. The summed E-state index contributed by atoms with van der Waals surface area (Å²) in [6.07, 6.45) is 17.2. The van der Waals surface area contributed by atoms with Gasteiger partial charge >= 0.3 is 0 Å². The van der Waals surface area contributed by atoms with Crippen LogP contribution < -0.4 is 5.11 Å². The third kappa shape index (κ3) is 2.92. The van der Waals surface area contributed by atoms with Gasteiger partial charge in [-0.25, -0.2) is 0 Å². The summed E-state index contributed by atoms with van der Waals surface area (Å²) in [7, 11) is 0. The van der Waals surface area contributed by atoms with Gasteiger partial charge in [0, 0.05) is 18.4 Å². The Morgan fingerprint density at radius 3 is 2.72 bits per heavy atom. The Bertz CT molecular complexity index is 872. The number of pyridine rings is 1. The molecule has 4 aliphatic rings. The number of fused-ring (bicyclic) bond motifs is 5. The van der Waals surface area contributed by atoms with Crippen LogP contribution in [0.1, 0.15) is 70.8 Å². The van der Waals surface area contributed by atoms with Gasteiger partial charge in [0.15, 0.2) is 0 Å². The molecule has 0 radical (unpaired) electrons. The van der Waals surface area contributed by atoms with Crippen LogP contribution in [0.2, 0.25) is 0 Å². The zero-order valence-electron chi connectivity index (χ0n) is 17.7. The van der Waals surface area contributed by atoms with Crippen molar-refractivity contribution in [1.82, 2.24) is 4.98 Å². The molecule has 0 aliphatic heterocycles. The summed E-state index contributed by atoms with van der Waals surface area (Å²) in [4.78, 5) is 15.5. The molecule has 3 heteroatoms. The molecular formula is C26H32NO2-. The Kier molecular flexibility index (Phi) is 4.49. The number of carbonyl (C=O) groups is 1. The number of hydrogen-bond donors (Lipinski definition) is 0. The lowest BCUT2D eigenvalue weighted by molar-refractivity contribution is -0.307. The van der Waals surface area contributed by atoms with E-state index in [0.717, 1.165) is 31.1 Å². The van der Waals surface area contributed by atoms with Crippen molar-refractivity contribution in [3.63, 3.8) is 0 Å². The minimum atomic E-state index is -0.888. The molecule has 0 amide bonds. The highest BCUT2D eigenvalue weighted by Gasteiger charge is 2.56. The van der Waals surface area contributed by atoms with E-state index in [1.807, 2.05) is 12.4 Å². The Balaban J connectivity index is 1.41. The average Bonchev–Trinajstić information content (AvgIpc) is 3.06. The fraction of sp³-hybridized carbons (Fsp3) is 0.615. The van der Waals surface area contributed by atoms with Gasteiger partial charge in [-0.15, -0.1) is 0 Å². The van der Waals surface area contributed by atoms with E-state index >= 15 is 0 Å². The van der Waals surface area contributed by atoms with Gasteiger partial charge in [-0.3, -0.25) is 4.98 Å². The molecule has 0 N–H and O–H groups in total. The van der Waals surface area contributed by atoms with Gasteiger partial charge in [0.1, 0.15) is 0 Å². The SMILES string of the molecule is C[C@]12CCC(CC(=O)[O-])CC1=CCC1C2CC[C@]2(C)C(c3cccnc3)=CCC12. The number of hydrogen-bond acceptors (Lipinski definition) is 3. The van der Waals surface area contributed by atoms with E-state index in [-0.39, 0.29) is 23.2 Å². The van der Waals surface area contributed by atoms with E-state index in [2.05, 4.69) is 43.1 Å². The fourth-order valence-corrected chi connectivity index (χ4v) is 7.68. The predicted octanol–water partition coefficient (Wildman–Crippen LogP) is 4.79. The molecule has 4 aliphatic carbocycles. The lowest BCUT2D eigenvalue weighted by Crippen LogP contribution is -2.49. The van der Waals surface area contributed by atoms with Gasteiger partial charge < -0.3 is 9.90 Å². The average molecular weight is 391 g/mol. The number of rotatable bonds is 3. The molecule has 3 nitrogen and oxygen atoms in total. The molecule has 2 fully saturated rings. The molecule has 29 heavy (non-hydrogen) atoms. The summed E-state index contributed by atoms with van der Waals surface area (Å²) in [5.41, 5.74) is 4.91. The summed E-state index contributed by atoms with van der Waals surface area (Å²) >= 11 is 0. The third-order valence-electron chi connectivity index (χ3n) is 9.21. The van der Waals surface area contributed by atoms with Crippen LogP contribution in [0, 0.1) is 34.5 Å². The van der Waals surface area contributed by atoms with Crippen molar-refractivity contribution in [1.29, 1.82) is 0 Å². The highest BCUT2D eigenvalue weighted by molar-refractivity contribution is 5.72. The number of aliphatic carboxylic acids is 1. The van der Waals surface area contributed by atoms with Gasteiger partial charge in [0.05, 0.1) is 0 Å². The monoisotopic (exact) mass is 390 g/mol. The maximum Gasteiger partial charge on any atom is 0.0417 e. The molecule has 1 aromatic rings. The van der Waals surface area contributed by atoms with Crippen LogP contribution >= 0.6 is 0 Å². The predicted molar refractivity (Wildman–Crippen MR) is 112 cm³/mol. The first kappa shape index (κ1) is 19.1. The lowest BCUT2D eigenvalue weighted by atomic mass is 9.47. The van der Waals surface area contributed by atoms with Crippen molar-refractivity contribution in [2.45, 2.75) is 65.2 Å². The summed E-state index contributed by atoms with van der Waals surface area (Å²) in [5, 5.41) is 11.1. The number of nitrogens with zero attached hydrogens (tertiary/aromatic N) is 1. The first-order valence-electron chi connectivity index (χ1n) is 11.4. The first-order chi connectivity index (χ1) is 13.9. The minimum Gasteiger partial charge on any atom is -0.550 e. The van der Waals surface area contributed by atoms with Gasteiger partial charge in [-0.2, -0.15) is 0 Å². The second kappa shape index (κ2) is 6.82. The van der Waals surface area contributed by atoms with Crippen molar-refractivity contribution in [2.75, 3.05) is 0 Å². The van der Waals surface area contributed by atoms with E-state index in [1.165, 1.54) is 36.8 Å². The van der Waals surface area contributed by atoms with E-state index in [4.69, 9.17) is 0 Å². The Morgan fingerprint density at radius 2 is 1.97 bits per heavy atom. The summed E-state index contributed by atoms with van der Waals surface area (Å²) in [5.74, 6) is 1.58. The highest BCUT2D eigenvalue weighted by atomic mass is 16.4. The van der Waals surface area contributed by atoms with Crippen LogP contribution in [0.3, 0.4) is 0 Å². The molecule has 5 rings (SSSR count). The van der Waals surface area contributed by atoms with Crippen LogP contribution in [-0.2, 0) is 4.79 Å². The smallest absolute Gasteiger partial charge is 0.0417 e. The van der Waals surface area contributed by atoms with Gasteiger partial charge in [-0.05, 0) is 103 Å². The van der Waals surface area contributed by atoms with Crippen LogP contribution in [0.25, 0.3) is 5.57 Å². The van der Waals surface area contributed by atoms with E-state index in [0.29, 0.717) is 5.92 Å². The molecule has 4 unspecified atom stereocenters. The number of carbonyl (C=O) groups excluding carboxylic acids is 1.